The lowest BCUT2D eigenvalue weighted by molar-refractivity contribution is 1.13. The van der Waals surface area contributed by atoms with Crippen molar-refractivity contribution >= 4 is 10.9 Å². The van der Waals surface area contributed by atoms with Crippen molar-refractivity contribution in [2.45, 2.75) is 25.7 Å². The van der Waals surface area contributed by atoms with Crippen LogP contribution >= 0.6 is 0 Å². The first-order valence-electron chi connectivity index (χ1n) is 7.28. The van der Waals surface area contributed by atoms with Gasteiger partial charge in [0.25, 0.3) is 0 Å². The lowest BCUT2D eigenvalue weighted by atomic mass is 10.0. The van der Waals surface area contributed by atoms with Crippen LogP contribution in [0.4, 0.5) is 0 Å². The molecule has 1 saturated carbocycles. The van der Waals surface area contributed by atoms with Crippen molar-refractivity contribution in [3.63, 3.8) is 0 Å². The zero-order chi connectivity index (χ0) is 13.5. The summed E-state index contributed by atoms with van der Waals surface area (Å²) in [6, 6.07) is 19.5. The molecule has 20 heavy (non-hydrogen) atoms. The second-order valence-electron chi connectivity index (χ2n) is 5.74. The molecule has 1 aromatic heterocycles. The molecular weight excluding hydrogens is 242 g/mol. The average Bonchev–Trinajstić information content (AvgIpc) is 3.32. The van der Waals surface area contributed by atoms with E-state index in [0.29, 0.717) is 0 Å². The number of hydrogen-bond donors (Lipinski definition) is 0. The van der Waals surface area contributed by atoms with Gasteiger partial charge in [-0.3, -0.25) is 0 Å². The van der Waals surface area contributed by atoms with Crippen LogP contribution in [0.2, 0.25) is 0 Å². The van der Waals surface area contributed by atoms with Gasteiger partial charge in [-0.05, 0) is 48.9 Å². The molecule has 1 aliphatic carbocycles. The summed E-state index contributed by atoms with van der Waals surface area (Å²) in [5, 5.41) is 1.24. The smallest absolute Gasteiger partial charge is 0.0712 e. The molecule has 0 atom stereocenters. The highest BCUT2D eigenvalue weighted by molar-refractivity contribution is 5.84. The second kappa shape index (κ2) is 4.45. The minimum absolute atomic E-state index is 0.815. The molecule has 0 radical (unpaired) electrons. The third kappa shape index (κ3) is 2.00. The third-order valence-corrected chi connectivity index (χ3v) is 4.18. The fraction of sp³-hybridized carbons (Fsp3) is 0.211. The molecule has 0 saturated heterocycles. The fourth-order valence-electron chi connectivity index (χ4n) is 2.84. The van der Waals surface area contributed by atoms with Crippen molar-refractivity contribution in [1.29, 1.82) is 0 Å². The van der Waals surface area contributed by atoms with Crippen LogP contribution in [0.25, 0.3) is 22.2 Å². The Kier molecular flexibility index (Phi) is 2.59. The number of para-hydroxylation sites is 1. The summed E-state index contributed by atoms with van der Waals surface area (Å²) in [4.78, 5) is 4.80. The van der Waals surface area contributed by atoms with E-state index >= 15 is 0 Å². The number of benzene rings is 2. The molecule has 4 rings (SSSR count). The lowest BCUT2D eigenvalue weighted by Crippen LogP contribution is -1.89. The molecule has 0 amide bonds. The summed E-state index contributed by atoms with van der Waals surface area (Å²) in [5.74, 6) is 0.815. The van der Waals surface area contributed by atoms with E-state index in [-0.39, 0.29) is 0 Å². The number of fused-ring (bicyclic) bond motifs is 1. The number of pyridine rings is 1. The van der Waals surface area contributed by atoms with Crippen LogP contribution in [0, 0.1) is 6.92 Å². The number of nitrogens with zero attached hydrogens (tertiary/aromatic N) is 1. The van der Waals surface area contributed by atoms with E-state index in [0.717, 1.165) is 17.1 Å². The van der Waals surface area contributed by atoms with Crippen molar-refractivity contribution in [2.24, 2.45) is 0 Å². The molecule has 1 nitrogen and oxygen atoms in total. The predicted octanol–water partition coefficient (Wildman–Crippen LogP) is 5.09. The minimum Gasteiger partial charge on any atom is -0.248 e. The van der Waals surface area contributed by atoms with Gasteiger partial charge in [0.2, 0.25) is 0 Å². The van der Waals surface area contributed by atoms with Crippen molar-refractivity contribution < 1.29 is 0 Å². The SMILES string of the molecule is Cc1cc(-c2ccc(C3CC3)cc2)nc2ccccc12. The molecule has 3 aromatic rings. The van der Waals surface area contributed by atoms with Gasteiger partial charge in [0.05, 0.1) is 11.2 Å². The van der Waals surface area contributed by atoms with E-state index in [1.807, 2.05) is 0 Å². The van der Waals surface area contributed by atoms with E-state index in [9.17, 15) is 0 Å². The van der Waals surface area contributed by atoms with Gasteiger partial charge >= 0.3 is 0 Å². The van der Waals surface area contributed by atoms with Gasteiger partial charge in [-0.25, -0.2) is 4.98 Å². The Labute approximate surface area is 119 Å². The van der Waals surface area contributed by atoms with Gasteiger partial charge < -0.3 is 0 Å². The van der Waals surface area contributed by atoms with Crippen molar-refractivity contribution in [3.05, 3.63) is 65.7 Å². The first-order chi connectivity index (χ1) is 9.81. The molecule has 1 heterocycles. The molecule has 2 aromatic carbocycles. The van der Waals surface area contributed by atoms with Crippen LogP contribution in [0.1, 0.15) is 29.9 Å². The van der Waals surface area contributed by atoms with Crippen LogP contribution in [-0.2, 0) is 0 Å². The summed E-state index contributed by atoms with van der Waals surface area (Å²) in [7, 11) is 0. The minimum atomic E-state index is 0.815. The van der Waals surface area contributed by atoms with Crippen molar-refractivity contribution in [2.75, 3.05) is 0 Å². The Hall–Kier alpha value is -2.15. The molecule has 0 unspecified atom stereocenters. The molecule has 0 spiro atoms. The number of hydrogen-bond acceptors (Lipinski definition) is 1. The lowest BCUT2D eigenvalue weighted by Gasteiger charge is -2.07. The Morgan fingerprint density at radius 3 is 2.45 bits per heavy atom. The van der Waals surface area contributed by atoms with Crippen LogP contribution < -0.4 is 0 Å². The maximum absolute atomic E-state index is 4.80. The first kappa shape index (κ1) is 11.7. The summed E-state index contributed by atoms with van der Waals surface area (Å²) >= 11 is 0. The highest BCUT2D eigenvalue weighted by Gasteiger charge is 2.23. The summed E-state index contributed by atoms with van der Waals surface area (Å²) in [5.41, 5.74) is 6.13. The monoisotopic (exact) mass is 259 g/mol. The van der Waals surface area contributed by atoms with Crippen LogP contribution in [0.5, 0.6) is 0 Å². The maximum atomic E-state index is 4.80. The Bertz CT molecular complexity index is 767. The highest BCUT2D eigenvalue weighted by Crippen LogP contribution is 2.40. The molecule has 1 aliphatic rings. The summed E-state index contributed by atoms with van der Waals surface area (Å²) < 4.78 is 0. The topological polar surface area (TPSA) is 12.9 Å². The highest BCUT2D eigenvalue weighted by atomic mass is 14.7. The van der Waals surface area contributed by atoms with Crippen LogP contribution in [0.3, 0.4) is 0 Å². The van der Waals surface area contributed by atoms with Crippen molar-refractivity contribution in [1.82, 2.24) is 4.98 Å². The van der Waals surface area contributed by atoms with Gasteiger partial charge in [-0.1, -0.05) is 42.5 Å². The van der Waals surface area contributed by atoms with Gasteiger partial charge in [0.1, 0.15) is 0 Å². The predicted molar refractivity (Wildman–Crippen MR) is 83.9 cm³/mol. The normalized spacial score (nSPS) is 14.7. The second-order valence-corrected chi connectivity index (χ2v) is 5.74. The zero-order valence-electron chi connectivity index (χ0n) is 11.6. The number of rotatable bonds is 2. The standard InChI is InChI=1S/C19H17N/c1-13-12-19(20-18-5-3-2-4-17(13)18)16-10-8-15(9-11-16)14-6-7-14/h2-5,8-12,14H,6-7H2,1H3. The fourth-order valence-corrected chi connectivity index (χ4v) is 2.84. The van der Waals surface area contributed by atoms with Crippen molar-refractivity contribution in [3.8, 4) is 11.3 Å². The Morgan fingerprint density at radius 1 is 0.950 bits per heavy atom. The molecule has 1 fully saturated rings. The van der Waals surface area contributed by atoms with Crippen LogP contribution in [-0.4, -0.2) is 4.98 Å². The molecule has 0 N–H and O–H groups in total. The molecule has 0 bridgehead atoms. The quantitative estimate of drug-likeness (QED) is 0.625. The molecule has 1 heteroatoms. The summed E-state index contributed by atoms with van der Waals surface area (Å²) in [6.45, 7) is 2.16. The van der Waals surface area contributed by atoms with E-state index in [1.54, 1.807) is 0 Å². The molecule has 0 aliphatic heterocycles. The van der Waals surface area contributed by atoms with E-state index in [4.69, 9.17) is 4.98 Å². The molecular formula is C19H17N. The van der Waals surface area contributed by atoms with Gasteiger partial charge in [0.15, 0.2) is 0 Å². The largest absolute Gasteiger partial charge is 0.248 e. The Balaban J connectivity index is 1.80. The third-order valence-electron chi connectivity index (χ3n) is 4.18. The van der Waals surface area contributed by atoms with E-state index in [2.05, 4.69) is 61.5 Å². The van der Waals surface area contributed by atoms with Gasteiger partial charge in [-0.15, -0.1) is 0 Å². The first-order valence-corrected chi connectivity index (χ1v) is 7.28. The van der Waals surface area contributed by atoms with Gasteiger partial charge in [-0.2, -0.15) is 0 Å². The Morgan fingerprint density at radius 2 is 1.70 bits per heavy atom. The zero-order valence-corrected chi connectivity index (χ0v) is 11.6. The summed E-state index contributed by atoms with van der Waals surface area (Å²) in [6.07, 6.45) is 2.71. The maximum Gasteiger partial charge on any atom is 0.0712 e. The van der Waals surface area contributed by atoms with E-state index < -0.39 is 0 Å². The van der Waals surface area contributed by atoms with Crippen LogP contribution in [0.15, 0.2) is 54.6 Å². The van der Waals surface area contributed by atoms with Gasteiger partial charge in [0, 0.05) is 10.9 Å². The number of aromatic nitrogens is 1. The number of aryl methyl sites for hydroxylation is 1. The van der Waals surface area contributed by atoms with E-state index in [1.165, 1.54) is 34.9 Å². The molecule has 98 valence electrons. The average molecular weight is 259 g/mol.